The molecule has 2 bridgehead atoms. The van der Waals surface area contributed by atoms with E-state index in [2.05, 4.69) is 40.7 Å². The Hall–Kier alpha value is -4.43. The maximum atomic E-state index is 14.1. The highest BCUT2D eigenvalue weighted by Crippen LogP contribution is 2.18. The van der Waals surface area contributed by atoms with Crippen LogP contribution in [-0.2, 0) is 45.2 Å². The topological polar surface area (TPSA) is 151 Å². The fraction of sp³-hybridized carbons (Fsp3) is 0.500. The van der Waals surface area contributed by atoms with Gasteiger partial charge in [0.25, 0.3) is 0 Å². The summed E-state index contributed by atoms with van der Waals surface area (Å²) in [5, 5.41) is 14.2. The molecule has 5 heterocycles. The van der Waals surface area contributed by atoms with E-state index in [1.54, 1.807) is 15.8 Å². The first-order valence-electron chi connectivity index (χ1n) is 15.2. The molecular weight excluding hydrogens is 564 g/mol. The fourth-order valence-corrected chi connectivity index (χ4v) is 5.83. The average Bonchev–Trinajstić information content (AvgIpc) is 3.51. The number of nitrogens with zero attached hydrogens (tertiary/aromatic N) is 8. The van der Waals surface area contributed by atoms with Gasteiger partial charge in [0.05, 0.1) is 26.0 Å². The van der Waals surface area contributed by atoms with Crippen LogP contribution in [-0.4, -0.2) is 111 Å². The molecule has 3 aliphatic heterocycles. The Labute approximate surface area is 255 Å². The molecule has 0 spiro atoms. The number of piperazine rings is 1. The zero-order valence-corrected chi connectivity index (χ0v) is 24.7. The van der Waals surface area contributed by atoms with Gasteiger partial charge in [-0.15, -0.1) is 5.10 Å². The van der Waals surface area contributed by atoms with Gasteiger partial charge in [-0.3, -0.25) is 24.0 Å². The van der Waals surface area contributed by atoms with Crippen LogP contribution in [0.5, 0.6) is 0 Å². The number of benzene rings is 1. The zero-order chi connectivity index (χ0) is 30.3. The van der Waals surface area contributed by atoms with Crippen molar-refractivity contribution in [2.24, 2.45) is 0 Å². The number of fused-ring (bicyclic) bond motifs is 3. The van der Waals surface area contributed by atoms with Crippen molar-refractivity contribution in [1.82, 2.24) is 45.4 Å². The lowest BCUT2D eigenvalue weighted by molar-refractivity contribution is -0.146. The lowest BCUT2D eigenvalue weighted by atomic mass is 10.0. The number of aryl methyl sites for hydroxylation is 1. The molecule has 2 saturated heterocycles. The monoisotopic (exact) mass is 602 g/mol. The number of amides is 3. The highest BCUT2D eigenvalue weighted by molar-refractivity contribution is 5.92. The SMILES string of the molecule is O=C1CCCn2cc(nn2)CNC(=O)[C@H]2CN(Cc3cnc(N4CCOCC4)nc3)CCN2C(=O)[C@H](Cc2ccccc2)N1. The molecule has 3 aliphatic rings. The third-order valence-corrected chi connectivity index (χ3v) is 8.18. The van der Waals surface area contributed by atoms with E-state index in [1.807, 2.05) is 42.7 Å². The number of hydrogen-bond donors (Lipinski definition) is 2. The van der Waals surface area contributed by atoms with Gasteiger partial charge in [-0.25, -0.2) is 9.97 Å². The van der Waals surface area contributed by atoms with Crippen molar-refractivity contribution in [2.45, 2.75) is 51.0 Å². The second kappa shape index (κ2) is 13.9. The minimum atomic E-state index is -0.796. The van der Waals surface area contributed by atoms with E-state index in [1.165, 1.54) is 0 Å². The van der Waals surface area contributed by atoms with Crippen molar-refractivity contribution in [3.8, 4) is 0 Å². The third-order valence-electron chi connectivity index (χ3n) is 8.18. The van der Waals surface area contributed by atoms with Gasteiger partial charge < -0.3 is 25.2 Å². The smallest absolute Gasteiger partial charge is 0.246 e. The minimum absolute atomic E-state index is 0.193. The van der Waals surface area contributed by atoms with Gasteiger partial charge >= 0.3 is 0 Å². The summed E-state index contributed by atoms with van der Waals surface area (Å²) in [6, 6.07) is 8.04. The molecule has 2 N–H and O–H groups in total. The van der Waals surface area contributed by atoms with E-state index in [0.29, 0.717) is 70.4 Å². The fourth-order valence-electron chi connectivity index (χ4n) is 5.83. The number of aromatic nitrogens is 5. The van der Waals surface area contributed by atoms with Gasteiger partial charge in [0, 0.05) is 76.6 Å². The van der Waals surface area contributed by atoms with Crippen molar-refractivity contribution in [3.05, 3.63) is 65.7 Å². The summed E-state index contributed by atoms with van der Waals surface area (Å²) in [5.74, 6) is -0.0813. The molecule has 2 fully saturated rings. The number of carbonyl (C=O) groups excluding carboxylic acids is 3. The first-order valence-corrected chi connectivity index (χ1v) is 15.2. The number of hydrogen-bond acceptors (Lipinski definition) is 10. The van der Waals surface area contributed by atoms with Crippen LogP contribution in [0, 0.1) is 0 Å². The van der Waals surface area contributed by atoms with Crippen LogP contribution in [0.1, 0.15) is 29.7 Å². The summed E-state index contributed by atoms with van der Waals surface area (Å²) in [4.78, 5) is 55.8. The van der Waals surface area contributed by atoms with Gasteiger partial charge in [-0.1, -0.05) is 35.5 Å². The van der Waals surface area contributed by atoms with Crippen LogP contribution in [0.25, 0.3) is 0 Å². The molecule has 0 saturated carbocycles. The van der Waals surface area contributed by atoms with E-state index in [-0.39, 0.29) is 30.7 Å². The molecule has 44 heavy (non-hydrogen) atoms. The number of carbonyl (C=O) groups is 3. The highest BCUT2D eigenvalue weighted by Gasteiger charge is 2.38. The first kappa shape index (κ1) is 29.6. The molecule has 3 aromatic rings. The van der Waals surface area contributed by atoms with Gasteiger partial charge in [0.2, 0.25) is 23.7 Å². The van der Waals surface area contributed by atoms with Crippen molar-refractivity contribution < 1.29 is 19.1 Å². The molecule has 1 aromatic carbocycles. The largest absolute Gasteiger partial charge is 0.378 e. The van der Waals surface area contributed by atoms with E-state index in [0.717, 1.165) is 24.2 Å². The summed E-state index contributed by atoms with van der Waals surface area (Å²) in [5.41, 5.74) is 2.46. The number of anilines is 1. The maximum Gasteiger partial charge on any atom is 0.246 e. The molecule has 2 aromatic heterocycles. The number of nitrogens with one attached hydrogen (secondary N) is 2. The predicted molar refractivity (Wildman–Crippen MR) is 159 cm³/mol. The number of ether oxygens (including phenoxy) is 1. The first-order chi connectivity index (χ1) is 21.5. The van der Waals surface area contributed by atoms with Crippen LogP contribution in [0.3, 0.4) is 0 Å². The summed E-state index contributed by atoms with van der Waals surface area (Å²) in [6.45, 7) is 5.28. The molecule has 232 valence electrons. The molecule has 0 radical (unpaired) electrons. The molecular formula is C30H38N10O4. The lowest BCUT2D eigenvalue weighted by Crippen LogP contribution is -2.63. The second-order valence-electron chi connectivity index (χ2n) is 11.4. The standard InChI is InChI=1S/C30H38N10O4/c41-27-7-4-8-39-20-24(35-36-39)18-31-28(42)26-21-37(19-23-16-32-30(33-17-23)38-11-13-44-14-12-38)9-10-40(26)29(43)25(34-27)15-22-5-2-1-3-6-22/h1-3,5-6,16-17,20,25-26H,4,7-15,18-19,21H2,(H,31,42)(H,34,41)/t25-,26+/m0/s1. The van der Waals surface area contributed by atoms with Crippen LogP contribution in [0.2, 0.25) is 0 Å². The Morgan fingerprint density at radius 2 is 1.73 bits per heavy atom. The molecule has 2 atom stereocenters. The lowest BCUT2D eigenvalue weighted by Gasteiger charge is -2.42. The minimum Gasteiger partial charge on any atom is -0.378 e. The van der Waals surface area contributed by atoms with Crippen LogP contribution in [0.15, 0.2) is 48.9 Å². The van der Waals surface area contributed by atoms with E-state index >= 15 is 0 Å². The highest BCUT2D eigenvalue weighted by atomic mass is 16.5. The molecule has 0 aliphatic carbocycles. The van der Waals surface area contributed by atoms with Crippen LogP contribution in [0.4, 0.5) is 5.95 Å². The van der Waals surface area contributed by atoms with Crippen LogP contribution >= 0.6 is 0 Å². The van der Waals surface area contributed by atoms with Gasteiger partial charge in [0.1, 0.15) is 17.8 Å². The number of morpholine rings is 1. The third kappa shape index (κ3) is 7.37. The quantitative estimate of drug-likeness (QED) is 0.400. The van der Waals surface area contributed by atoms with Gasteiger partial charge in [-0.2, -0.15) is 0 Å². The summed E-state index contributed by atoms with van der Waals surface area (Å²) >= 11 is 0. The van der Waals surface area contributed by atoms with Gasteiger partial charge in [0.15, 0.2) is 0 Å². The van der Waals surface area contributed by atoms with Crippen molar-refractivity contribution in [3.63, 3.8) is 0 Å². The van der Waals surface area contributed by atoms with Crippen molar-refractivity contribution in [1.29, 1.82) is 0 Å². The molecule has 0 unspecified atom stereocenters. The Morgan fingerprint density at radius 1 is 0.932 bits per heavy atom. The van der Waals surface area contributed by atoms with E-state index in [9.17, 15) is 14.4 Å². The zero-order valence-electron chi connectivity index (χ0n) is 24.7. The Bertz CT molecular complexity index is 1430. The summed E-state index contributed by atoms with van der Waals surface area (Å²) < 4.78 is 7.09. The van der Waals surface area contributed by atoms with Gasteiger partial charge in [-0.05, 0) is 12.0 Å². The maximum absolute atomic E-state index is 14.1. The predicted octanol–water partition coefficient (Wildman–Crippen LogP) is -0.245. The van der Waals surface area contributed by atoms with Crippen molar-refractivity contribution >= 4 is 23.7 Å². The Kier molecular flexibility index (Phi) is 9.37. The van der Waals surface area contributed by atoms with Crippen LogP contribution < -0.4 is 15.5 Å². The Morgan fingerprint density at radius 3 is 2.52 bits per heavy atom. The molecule has 14 heteroatoms. The van der Waals surface area contributed by atoms with Crippen molar-refractivity contribution in [2.75, 3.05) is 50.8 Å². The Balaban J connectivity index is 1.21. The average molecular weight is 603 g/mol. The molecule has 6 rings (SSSR count). The number of rotatable bonds is 5. The molecule has 3 amide bonds. The summed E-state index contributed by atoms with van der Waals surface area (Å²) in [7, 11) is 0. The molecule has 14 nitrogen and oxygen atoms in total. The second-order valence-corrected chi connectivity index (χ2v) is 11.4. The summed E-state index contributed by atoms with van der Waals surface area (Å²) in [6.07, 6.45) is 6.53. The normalized spacial score (nSPS) is 22.4. The van der Waals surface area contributed by atoms with E-state index < -0.39 is 12.1 Å². The van der Waals surface area contributed by atoms with E-state index in [4.69, 9.17) is 4.74 Å².